The molecule has 90 valence electrons. The minimum Gasteiger partial charge on any atom is -0.326 e. The van der Waals surface area contributed by atoms with E-state index in [1.54, 1.807) is 39.1 Å². The van der Waals surface area contributed by atoms with Crippen molar-refractivity contribution in [3.8, 4) is 0 Å². The van der Waals surface area contributed by atoms with Crippen molar-refractivity contribution in [2.75, 3.05) is 4.72 Å². The number of nitrogens with one attached hydrogen (secondary N) is 1. The summed E-state index contributed by atoms with van der Waals surface area (Å²) in [5, 5.41) is 0. The molecule has 0 atom stereocenters. The van der Waals surface area contributed by atoms with Gasteiger partial charge in [-0.1, -0.05) is 6.07 Å². The van der Waals surface area contributed by atoms with E-state index in [4.69, 9.17) is 5.73 Å². The zero-order valence-electron chi connectivity index (χ0n) is 9.69. The molecule has 0 amide bonds. The Bertz CT molecular complexity index is 446. The molecular weight excluding hydrogens is 226 g/mol. The van der Waals surface area contributed by atoms with Crippen LogP contribution in [0.15, 0.2) is 18.3 Å². The standard InChI is InChI=1S/C10H17N3O2S/c1-10(2,3)16(14,15)13-9-5-4-8(6-11)7-12-9/h4-5,7H,6,11H2,1-3H3,(H,12,13). The molecule has 0 fully saturated rings. The van der Waals surface area contributed by atoms with Crippen molar-refractivity contribution in [3.05, 3.63) is 23.9 Å². The predicted molar refractivity (Wildman–Crippen MR) is 64.4 cm³/mol. The molecule has 0 radical (unpaired) electrons. The number of nitrogens with zero attached hydrogens (tertiary/aromatic N) is 1. The molecular formula is C10H17N3O2S. The molecule has 0 unspecified atom stereocenters. The number of hydrogen-bond donors (Lipinski definition) is 2. The van der Waals surface area contributed by atoms with Crippen molar-refractivity contribution in [1.82, 2.24) is 4.98 Å². The van der Waals surface area contributed by atoms with Crippen molar-refractivity contribution in [1.29, 1.82) is 0 Å². The van der Waals surface area contributed by atoms with E-state index in [-0.39, 0.29) is 0 Å². The van der Waals surface area contributed by atoms with Gasteiger partial charge >= 0.3 is 0 Å². The van der Waals surface area contributed by atoms with Crippen LogP contribution in [-0.4, -0.2) is 18.1 Å². The zero-order valence-corrected chi connectivity index (χ0v) is 10.5. The van der Waals surface area contributed by atoms with Gasteiger partial charge in [0.2, 0.25) is 10.0 Å². The van der Waals surface area contributed by atoms with Gasteiger partial charge in [0.25, 0.3) is 0 Å². The number of anilines is 1. The van der Waals surface area contributed by atoms with Gasteiger partial charge < -0.3 is 5.73 Å². The Morgan fingerprint density at radius 2 is 2.00 bits per heavy atom. The van der Waals surface area contributed by atoms with Crippen molar-refractivity contribution in [2.24, 2.45) is 5.73 Å². The Morgan fingerprint density at radius 3 is 2.38 bits per heavy atom. The van der Waals surface area contributed by atoms with Crippen LogP contribution < -0.4 is 10.5 Å². The minimum absolute atomic E-state index is 0.312. The fourth-order valence-corrected chi connectivity index (χ4v) is 1.60. The van der Waals surface area contributed by atoms with E-state index in [2.05, 4.69) is 9.71 Å². The molecule has 1 aromatic rings. The number of aromatic nitrogens is 1. The summed E-state index contributed by atoms with van der Waals surface area (Å²) in [4.78, 5) is 3.98. The van der Waals surface area contributed by atoms with Crippen molar-refractivity contribution < 1.29 is 8.42 Å². The van der Waals surface area contributed by atoms with Crippen LogP contribution in [0.3, 0.4) is 0 Å². The number of sulfonamides is 1. The second-order valence-corrected chi connectivity index (χ2v) is 6.91. The number of rotatable bonds is 3. The maximum atomic E-state index is 11.8. The van der Waals surface area contributed by atoms with Gasteiger partial charge in [-0.3, -0.25) is 4.72 Å². The van der Waals surface area contributed by atoms with Crippen molar-refractivity contribution >= 4 is 15.8 Å². The Kier molecular flexibility index (Phi) is 3.54. The Morgan fingerprint density at radius 1 is 1.38 bits per heavy atom. The molecule has 0 saturated carbocycles. The summed E-state index contributed by atoms with van der Waals surface area (Å²) in [6.07, 6.45) is 1.56. The lowest BCUT2D eigenvalue weighted by molar-refractivity contribution is 0.566. The maximum Gasteiger partial charge on any atom is 0.238 e. The van der Waals surface area contributed by atoms with Crippen LogP contribution in [0.25, 0.3) is 0 Å². The van der Waals surface area contributed by atoms with Gasteiger partial charge in [-0.2, -0.15) is 0 Å². The minimum atomic E-state index is -3.41. The molecule has 16 heavy (non-hydrogen) atoms. The van der Waals surface area contributed by atoms with Gasteiger partial charge in [0.1, 0.15) is 5.82 Å². The summed E-state index contributed by atoms with van der Waals surface area (Å²) in [6, 6.07) is 3.35. The normalized spacial score (nSPS) is 12.5. The lowest BCUT2D eigenvalue weighted by atomic mass is 10.3. The fourth-order valence-electron chi connectivity index (χ4n) is 0.896. The van der Waals surface area contributed by atoms with E-state index in [0.29, 0.717) is 12.4 Å². The molecule has 0 aliphatic heterocycles. The van der Waals surface area contributed by atoms with E-state index in [1.807, 2.05) is 0 Å². The monoisotopic (exact) mass is 243 g/mol. The highest BCUT2D eigenvalue weighted by atomic mass is 32.2. The summed E-state index contributed by atoms with van der Waals surface area (Å²) in [6.45, 7) is 5.27. The molecule has 0 aliphatic rings. The van der Waals surface area contributed by atoms with Crippen LogP contribution in [0.1, 0.15) is 26.3 Å². The van der Waals surface area contributed by atoms with Crippen molar-refractivity contribution in [2.45, 2.75) is 32.1 Å². The second kappa shape index (κ2) is 4.39. The van der Waals surface area contributed by atoms with E-state index in [0.717, 1.165) is 5.56 Å². The average molecular weight is 243 g/mol. The highest BCUT2D eigenvalue weighted by molar-refractivity contribution is 7.94. The maximum absolute atomic E-state index is 11.8. The molecule has 1 heterocycles. The van der Waals surface area contributed by atoms with Crippen molar-refractivity contribution in [3.63, 3.8) is 0 Å². The smallest absolute Gasteiger partial charge is 0.238 e. The van der Waals surface area contributed by atoms with Gasteiger partial charge in [0.15, 0.2) is 0 Å². The highest BCUT2D eigenvalue weighted by Gasteiger charge is 2.29. The molecule has 1 aromatic heterocycles. The lowest BCUT2D eigenvalue weighted by Gasteiger charge is -2.19. The Labute approximate surface area is 96.1 Å². The molecule has 0 aliphatic carbocycles. The molecule has 0 spiro atoms. The number of hydrogen-bond acceptors (Lipinski definition) is 4. The van der Waals surface area contributed by atoms with Gasteiger partial charge in [0, 0.05) is 12.7 Å². The summed E-state index contributed by atoms with van der Waals surface area (Å²) < 4.78 is 25.2. The third-order valence-electron chi connectivity index (χ3n) is 2.11. The first-order valence-electron chi connectivity index (χ1n) is 4.93. The zero-order chi connectivity index (χ0) is 12.4. The first kappa shape index (κ1) is 12.9. The predicted octanol–water partition coefficient (Wildman–Crippen LogP) is 1.08. The lowest BCUT2D eigenvalue weighted by Crippen LogP contribution is -2.33. The summed E-state index contributed by atoms with van der Waals surface area (Å²) >= 11 is 0. The highest BCUT2D eigenvalue weighted by Crippen LogP contribution is 2.17. The van der Waals surface area contributed by atoms with Crippen LogP contribution >= 0.6 is 0 Å². The topological polar surface area (TPSA) is 85.1 Å². The Hall–Kier alpha value is -1.14. The summed E-state index contributed by atoms with van der Waals surface area (Å²) in [5.74, 6) is 0.312. The van der Waals surface area contributed by atoms with Crippen LogP contribution in [0.4, 0.5) is 5.82 Å². The molecule has 0 saturated heterocycles. The average Bonchev–Trinajstić information content (AvgIpc) is 2.16. The third kappa shape index (κ3) is 2.93. The van der Waals surface area contributed by atoms with Crippen LogP contribution in [0.2, 0.25) is 0 Å². The molecule has 6 heteroatoms. The fraction of sp³-hybridized carbons (Fsp3) is 0.500. The van der Waals surface area contributed by atoms with Gasteiger partial charge in [-0.05, 0) is 32.4 Å². The number of pyridine rings is 1. The third-order valence-corrected chi connectivity index (χ3v) is 4.20. The SMILES string of the molecule is CC(C)(C)S(=O)(=O)Nc1ccc(CN)cn1. The molecule has 0 bridgehead atoms. The van der Waals surface area contributed by atoms with Crippen LogP contribution in [-0.2, 0) is 16.6 Å². The summed E-state index contributed by atoms with van der Waals surface area (Å²) in [5.41, 5.74) is 6.28. The van der Waals surface area contributed by atoms with Gasteiger partial charge in [0.05, 0.1) is 4.75 Å². The Balaban J connectivity index is 2.89. The molecule has 1 rings (SSSR count). The first-order chi connectivity index (χ1) is 7.26. The van der Waals surface area contributed by atoms with Crippen LogP contribution in [0, 0.1) is 0 Å². The molecule has 5 nitrogen and oxygen atoms in total. The van der Waals surface area contributed by atoms with Gasteiger partial charge in [-0.15, -0.1) is 0 Å². The van der Waals surface area contributed by atoms with Gasteiger partial charge in [-0.25, -0.2) is 13.4 Å². The first-order valence-corrected chi connectivity index (χ1v) is 6.42. The second-order valence-electron chi connectivity index (χ2n) is 4.47. The van der Waals surface area contributed by atoms with Crippen LogP contribution in [0.5, 0.6) is 0 Å². The number of nitrogens with two attached hydrogens (primary N) is 1. The largest absolute Gasteiger partial charge is 0.326 e. The van der Waals surface area contributed by atoms with E-state index >= 15 is 0 Å². The molecule has 0 aromatic carbocycles. The van der Waals surface area contributed by atoms with E-state index < -0.39 is 14.8 Å². The van der Waals surface area contributed by atoms with E-state index in [9.17, 15) is 8.42 Å². The summed E-state index contributed by atoms with van der Waals surface area (Å²) in [7, 11) is -3.41. The quantitative estimate of drug-likeness (QED) is 0.832. The van der Waals surface area contributed by atoms with E-state index in [1.165, 1.54) is 0 Å². The molecule has 3 N–H and O–H groups in total.